The van der Waals surface area contributed by atoms with Crippen molar-refractivity contribution in [1.29, 1.82) is 0 Å². The summed E-state index contributed by atoms with van der Waals surface area (Å²) in [5.74, 6) is -2.80. The predicted octanol–water partition coefficient (Wildman–Crippen LogP) is 3.64. The van der Waals surface area contributed by atoms with Crippen molar-refractivity contribution in [2.45, 2.75) is 110 Å². The van der Waals surface area contributed by atoms with Gasteiger partial charge in [0.05, 0.1) is 36.4 Å². The van der Waals surface area contributed by atoms with Crippen molar-refractivity contribution in [3.63, 3.8) is 0 Å². The molecule has 3 aliphatic rings. The number of alkyl carbamates (subject to hydrolysis) is 1. The Morgan fingerprint density at radius 1 is 1.22 bits per heavy atom. The quantitative estimate of drug-likeness (QED) is 0.239. The van der Waals surface area contributed by atoms with Gasteiger partial charge in [-0.2, -0.15) is 0 Å². The highest BCUT2D eigenvalue weighted by atomic mass is 35.5. The summed E-state index contributed by atoms with van der Waals surface area (Å²) in [7, 11) is 3.07. The van der Waals surface area contributed by atoms with Crippen LogP contribution in [0.5, 0.6) is 0 Å². The van der Waals surface area contributed by atoms with Crippen molar-refractivity contribution in [2.24, 2.45) is 17.8 Å². The van der Waals surface area contributed by atoms with E-state index in [-0.39, 0.29) is 42.7 Å². The van der Waals surface area contributed by atoms with Gasteiger partial charge in [-0.15, -0.1) is 0 Å². The molecule has 0 spiro atoms. The summed E-state index contributed by atoms with van der Waals surface area (Å²) in [4.78, 5) is 55.9. The fourth-order valence-corrected chi connectivity index (χ4v) is 7.10. The molecule has 0 unspecified atom stereocenters. The van der Waals surface area contributed by atoms with E-state index in [0.717, 1.165) is 11.1 Å². The first-order valence-corrected chi connectivity index (χ1v) is 17.7. The maximum absolute atomic E-state index is 14.1. The molecule has 8 atom stereocenters. The first-order chi connectivity index (χ1) is 23.8. The van der Waals surface area contributed by atoms with Gasteiger partial charge < -0.3 is 39.3 Å². The zero-order valence-corrected chi connectivity index (χ0v) is 31.4. The molecule has 4 rings (SSSR count). The number of amides is 3. The van der Waals surface area contributed by atoms with E-state index in [2.05, 4.69) is 5.32 Å². The Hall–Kier alpha value is -3.49. The molecule has 4 N–H and O–H groups in total. The predicted molar refractivity (Wildman–Crippen MR) is 190 cm³/mol. The third kappa shape index (κ3) is 8.94. The van der Waals surface area contributed by atoms with Crippen molar-refractivity contribution < 1.29 is 48.7 Å². The van der Waals surface area contributed by atoms with Gasteiger partial charge in [0.2, 0.25) is 11.8 Å². The third-order valence-corrected chi connectivity index (χ3v) is 10.7. The molecule has 2 saturated heterocycles. The van der Waals surface area contributed by atoms with E-state index < -0.39 is 72.1 Å². The number of epoxide rings is 1. The Labute approximate surface area is 304 Å². The van der Waals surface area contributed by atoms with Crippen LogP contribution in [-0.4, -0.2) is 100 Å². The minimum Gasteiger partial charge on any atom is -0.457 e. The van der Waals surface area contributed by atoms with E-state index >= 15 is 0 Å². The number of nitrogens with one attached hydrogen (secondary N) is 1. The summed E-state index contributed by atoms with van der Waals surface area (Å²) >= 11 is 6.70. The monoisotopic (exact) mass is 733 g/mol. The van der Waals surface area contributed by atoms with E-state index in [4.69, 9.17) is 25.8 Å². The number of esters is 1. The molecule has 3 aliphatic heterocycles. The fraction of sp³-hybridized carbons (Fsp3) is 0.622. The molecular formula is C37H52ClN3O10. The highest BCUT2D eigenvalue weighted by molar-refractivity contribution is 6.34. The van der Waals surface area contributed by atoms with Gasteiger partial charge >= 0.3 is 12.1 Å². The van der Waals surface area contributed by atoms with Crippen LogP contribution < -0.4 is 10.2 Å². The average molecular weight is 734 g/mol. The van der Waals surface area contributed by atoms with Crippen LogP contribution in [0.1, 0.15) is 71.9 Å². The number of likely N-dealkylation sites (N-methyl/N-ethyl adjacent to an activating group) is 1. The lowest BCUT2D eigenvalue weighted by atomic mass is 9.81. The van der Waals surface area contributed by atoms with E-state index in [1.54, 1.807) is 58.2 Å². The fourth-order valence-electron chi connectivity index (χ4n) is 6.80. The largest absolute Gasteiger partial charge is 0.457 e. The SMILES string of the molecule is C/C1=C\C=C\[C@@H](CO)[C@@]2(O)C[C@H](OC(=O)N2)[C@@H](C)[C@@H]2O[C@@]2(C)[C@@H](OC(=O)[C@H](C)N(C)C(=O)CC(C)C)CC(=O)N(C)c2cc(cc(CO)c2Cl)C1. The summed E-state index contributed by atoms with van der Waals surface area (Å²) in [6, 6.07) is 2.53. The lowest BCUT2D eigenvalue weighted by Gasteiger charge is -2.42. The highest BCUT2D eigenvalue weighted by Gasteiger charge is 2.64. The van der Waals surface area contributed by atoms with Gasteiger partial charge in [-0.1, -0.05) is 62.2 Å². The standard InChI is InChI=1S/C37H52ClN3O10/c1-20(2)12-30(44)40(7)23(5)34(46)50-29-16-31(45)41(8)27-15-24(14-25(18-42)32(27)38)13-21(3)10-9-11-26(19-43)37(48)17-28(49-35(47)39-37)22(4)33-36(29,6)51-33/h9-11,14-15,20,22-23,26,28-29,33,42-43,48H,12-13,16-19H2,1-8H3,(H,39,47)/b11-9+,21-10+/t22-,23+,26+,28+,29+,33+,36+,37+/m1/s1. The second-order valence-electron chi connectivity index (χ2n) is 14.7. The lowest BCUT2D eigenvalue weighted by molar-refractivity contribution is -0.162. The Bertz CT molecular complexity index is 1560. The Balaban J connectivity index is 1.77. The third-order valence-electron chi connectivity index (χ3n) is 10.3. The number of hydrogen-bond acceptors (Lipinski definition) is 10. The van der Waals surface area contributed by atoms with E-state index in [1.165, 1.54) is 16.8 Å². The van der Waals surface area contributed by atoms with Gasteiger partial charge in [0.15, 0.2) is 5.72 Å². The molecular weight excluding hydrogens is 682 g/mol. The first-order valence-electron chi connectivity index (χ1n) is 17.3. The van der Waals surface area contributed by atoms with Crippen LogP contribution in [0, 0.1) is 17.8 Å². The summed E-state index contributed by atoms with van der Waals surface area (Å²) in [5, 5.41) is 34.7. The number of fused-ring (bicyclic) bond motifs is 5. The molecule has 1 aromatic carbocycles. The van der Waals surface area contributed by atoms with Crippen molar-refractivity contribution in [1.82, 2.24) is 10.2 Å². The molecule has 282 valence electrons. The molecule has 3 heterocycles. The number of benzene rings is 1. The molecule has 4 bridgehead atoms. The van der Waals surface area contributed by atoms with Crippen LogP contribution in [0.25, 0.3) is 0 Å². The number of carbonyl (C=O) groups is 4. The summed E-state index contributed by atoms with van der Waals surface area (Å²) in [5.41, 5.74) is -0.687. The maximum atomic E-state index is 14.1. The van der Waals surface area contributed by atoms with Gasteiger partial charge in [0.25, 0.3) is 0 Å². The molecule has 2 fully saturated rings. The van der Waals surface area contributed by atoms with Crippen LogP contribution in [0.15, 0.2) is 35.9 Å². The molecule has 0 aliphatic carbocycles. The molecule has 0 aromatic heterocycles. The van der Waals surface area contributed by atoms with Crippen LogP contribution in [0.4, 0.5) is 10.5 Å². The first kappa shape index (κ1) is 40.3. The number of nitrogens with zero attached hydrogens (tertiary/aromatic N) is 2. The number of carbonyl (C=O) groups excluding carboxylic acids is 4. The number of hydrogen-bond donors (Lipinski definition) is 4. The van der Waals surface area contributed by atoms with Crippen molar-refractivity contribution >= 4 is 41.2 Å². The molecule has 0 radical (unpaired) electrons. The Morgan fingerprint density at radius 2 is 1.90 bits per heavy atom. The molecule has 14 heteroatoms. The molecule has 3 amide bonds. The van der Waals surface area contributed by atoms with Gasteiger partial charge in [-0.3, -0.25) is 14.9 Å². The Kier molecular flexibility index (Phi) is 12.7. The smallest absolute Gasteiger partial charge is 0.409 e. The molecule has 13 nitrogen and oxygen atoms in total. The van der Waals surface area contributed by atoms with E-state index in [9.17, 15) is 34.5 Å². The Morgan fingerprint density at radius 3 is 2.53 bits per heavy atom. The van der Waals surface area contributed by atoms with Gasteiger partial charge in [0.1, 0.15) is 23.9 Å². The highest BCUT2D eigenvalue weighted by Crippen LogP contribution is 2.49. The number of rotatable bonds is 7. The van der Waals surface area contributed by atoms with Crippen molar-refractivity contribution in [2.75, 3.05) is 25.6 Å². The van der Waals surface area contributed by atoms with E-state index in [1.807, 2.05) is 20.8 Å². The average Bonchev–Trinajstić information content (AvgIpc) is 3.76. The maximum Gasteiger partial charge on any atom is 0.409 e. The summed E-state index contributed by atoms with van der Waals surface area (Å²) in [6.45, 7) is 9.85. The van der Waals surface area contributed by atoms with Crippen LogP contribution in [0.2, 0.25) is 5.02 Å². The number of halogens is 1. The second-order valence-corrected chi connectivity index (χ2v) is 15.1. The topological polar surface area (TPSA) is 178 Å². The lowest BCUT2D eigenvalue weighted by Crippen LogP contribution is -2.62. The minimum atomic E-state index is -1.86. The number of ether oxygens (including phenoxy) is 3. The summed E-state index contributed by atoms with van der Waals surface area (Å²) < 4.78 is 17.9. The molecule has 1 aromatic rings. The zero-order chi connectivity index (χ0) is 38.0. The molecule has 0 saturated carbocycles. The van der Waals surface area contributed by atoms with Gasteiger partial charge in [-0.25, -0.2) is 9.59 Å². The van der Waals surface area contributed by atoms with Crippen LogP contribution in [0.3, 0.4) is 0 Å². The second kappa shape index (κ2) is 16.0. The summed E-state index contributed by atoms with van der Waals surface area (Å²) in [6.07, 6.45) is 1.75. The van der Waals surface area contributed by atoms with Gasteiger partial charge in [-0.05, 0) is 50.3 Å². The number of anilines is 1. The number of allylic oxidation sites excluding steroid dienone is 3. The number of aliphatic hydroxyl groups excluding tert-OH is 2. The number of aliphatic hydroxyl groups is 3. The van der Waals surface area contributed by atoms with E-state index in [0.29, 0.717) is 17.7 Å². The van der Waals surface area contributed by atoms with Crippen LogP contribution >= 0.6 is 11.6 Å². The normalized spacial score (nSPS) is 32.1. The zero-order valence-electron chi connectivity index (χ0n) is 30.6. The van der Waals surface area contributed by atoms with Crippen molar-refractivity contribution in [3.8, 4) is 0 Å². The van der Waals surface area contributed by atoms with Gasteiger partial charge in [0, 0.05) is 38.8 Å². The van der Waals surface area contributed by atoms with Crippen molar-refractivity contribution in [3.05, 3.63) is 52.1 Å². The molecule has 51 heavy (non-hydrogen) atoms. The minimum absolute atomic E-state index is 0.0746. The van der Waals surface area contributed by atoms with Crippen LogP contribution in [-0.2, 0) is 41.6 Å².